The van der Waals surface area contributed by atoms with Crippen molar-refractivity contribution in [3.63, 3.8) is 0 Å². The maximum Gasteiger partial charge on any atom is 0.248 e. The molecule has 2 unspecified atom stereocenters. The van der Waals surface area contributed by atoms with Crippen molar-refractivity contribution in [2.24, 2.45) is 11.7 Å². The van der Waals surface area contributed by atoms with E-state index in [2.05, 4.69) is 17.6 Å². The summed E-state index contributed by atoms with van der Waals surface area (Å²) < 4.78 is 0. The molecular weight excluding hydrogens is 242 g/mol. The highest BCUT2D eigenvalue weighted by Crippen LogP contribution is 2.17. The summed E-state index contributed by atoms with van der Waals surface area (Å²) in [4.78, 5) is 23.2. The van der Waals surface area contributed by atoms with Crippen molar-refractivity contribution in [1.29, 1.82) is 0 Å². The molecule has 1 aliphatic heterocycles. The number of carbonyl (C=O) groups is 2. The van der Waals surface area contributed by atoms with Gasteiger partial charge in [-0.05, 0) is 38.0 Å². The molecule has 102 valence electrons. The minimum atomic E-state index is -0.496. The lowest BCUT2D eigenvalue weighted by Crippen LogP contribution is -2.41. The number of hydrogen-bond donors (Lipinski definition) is 3. The van der Waals surface area contributed by atoms with Gasteiger partial charge in [-0.2, -0.15) is 0 Å². The Balaban J connectivity index is 1.98. The SMILES string of the molecule is CC1CCC(C(=O)Nc2cccc(C(N)=O)c2)CN1. The van der Waals surface area contributed by atoms with E-state index in [1.165, 1.54) is 0 Å². The lowest BCUT2D eigenvalue weighted by molar-refractivity contribution is -0.120. The molecule has 2 atom stereocenters. The zero-order chi connectivity index (χ0) is 13.8. The zero-order valence-corrected chi connectivity index (χ0v) is 11.0. The summed E-state index contributed by atoms with van der Waals surface area (Å²) in [5.41, 5.74) is 6.22. The quantitative estimate of drug-likeness (QED) is 0.762. The number of piperidine rings is 1. The van der Waals surface area contributed by atoms with Crippen LogP contribution in [-0.2, 0) is 4.79 Å². The molecule has 1 saturated heterocycles. The van der Waals surface area contributed by atoms with Crippen LogP contribution >= 0.6 is 0 Å². The number of carbonyl (C=O) groups excluding carboxylic acids is 2. The van der Waals surface area contributed by atoms with Crippen molar-refractivity contribution < 1.29 is 9.59 Å². The Kier molecular flexibility index (Phi) is 4.16. The smallest absolute Gasteiger partial charge is 0.248 e. The summed E-state index contributed by atoms with van der Waals surface area (Å²) in [6.07, 6.45) is 1.88. The maximum absolute atomic E-state index is 12.1. The van der Waals surface area contributed by atoms with E-state index in [9.17, 15) is 9.59 Å². The highest BCUT2D eigenvalue weighted by Gasteiger charge is 2.23. The van der Waals surface area contributed by atoms with E-state index in [1.807, 2.05) is 0 Å². The van der Waals surface area contributed by atoms with Crippen molar-refractivity contribution in [1.82, 2.24) is 5.32 Å². The lowest BCUT2D eigenvalue weighted by atomic mass is 9.94. The van der Waals surface area contributed by atoms with Crippen molar-refractivity contribution in [2.45, 2.75) is 25.8 Å². The van der Waals surface area contributed by atoms with Gasteiger partial charge in [-0.25, -0.2) is 0 Å². The molecule has 19 heavy (non-hydrogen) atoms. The van der Waals surface area contributed by atoms with Crippen LogP contribution in [0.15, 0.2) is 24.3 Å². The Hall–Kier alpha value is -1.88. The molecule has 1 aliphatic rings. The number of primary amides is 1. The minimum Gasteiger partial charge on any atom is -0.366 e. The molecular formula is C14H19N3O2. The maximum atomic E-state index is 12.1. The summed E-state index contributed by atoms with van der Waals surface area (Å²) in [6, 6.07) is 7.16. The molecule has 5 heteroatoms. The molecule has 5 nitrogen and oxygen atoms in total. The van der Waals surface area contributed by atoms with E-state index >= 15 is 0 Å². The second-order valence-electron chi connectivity index (χ2n) is 5.02. The minimum absolute atomic E-state index is 0.0129. The van der Waals surface area contributed by atoms with Crippen LogP contribution in [0.5, 0.6) is 0 Å². The summed E-state index contributed by atoms with van der Waals surface area (Å²) in [7, 11) is 0. The first-order valence-electron chi connectivity index (χ1n) is 6.50. The van der Waals surface area contributed by atoms with Crippen LogP contribution in [0.25, 0.3) is 0 Å². The van der Waals surface area contributed by atoms with Gasteiger partial charge < -0.3 is 16.4 Å². The molecule has 2 rings (SSSR count). The van der Waals surface area contributed by atoms with Gasteiger partial charge in [-0.15, -0.1) is 0 Å². The largest absolute Gasteiger partial charge is 0.366 e. The van der Waals surface area contributed by atoms with Crippen molar-refractivity contribution >= 4 is 17.5 Å². The van der Waals surface area contributed by atoms with E-state index in [0.717, 1.165) is 12.8 Å². The van der Waals surface area contributed by atoms with Crippen molar-refractivity contribution in [2.75, 3.05) is 11.9 Å². The van der Waals surface area contributed by atoms with Crippen LogP contribution in [0.3, 0.4) is 0 Å². The number of nitrogens with two attached hydrogens (primary N) is 1. The van der Waals surface area contributed by atoms with E-state index in [-0.39, 0.29) is 11.8 Å². The third-order valence-electron chi connectivity index (χ3n) is 3.45. The van der Waals surface area contributed by atoms with Crippen LogP contribution < -0.4 is 16.4 Å². The van der Waals surface area contributed by atoms with Gasteiger partial charge in [0.2, 0.25) is 11.8 Å². The predicted octanol–water partition coefficient (Wildman–Crippen LogP) is 1.11. The standard InChI is InChI=1S/C14H19N3O2/c1-9-5-6-11(8-16-9)14(19)17-12-4-2-3-10(7-12)13(15)18/h2-4,7,9,11,16H,5-6,8H2,1H3,(H2,15,18)(H,17,19). The average molecular weight is 261 g/mol. The Labute approximate surface area is 112 Å². The predicted molar refractivity (Wildman–Crippen MR) is 73.8 cm³/mol. The summed E-state index contributed by atoms with van der Waals surface area (Å²) >= 11 is 0. The van der Waals surface area contributed by atoms with Gasteiger partial charge in [0.25, 0.3) is 0 Å². The number of benzene rings is 1. The molecule has 0 spiro atoms. The average Bonchev–Trinajstić information content (AvgIpc) is 2.39. The first kappa shape index (κ1) is 13.5. The van der Waals surface area contributed by atoms with E-state index in [1.54, 1.807) is 24.3 Å². The van der Waals surface area contributed by atoms with Gasteiger partial charge in [-0.3, -0.25) is 9.59 Å². The van der Waals surface area contributed by atoms with Gasteiger partial charge in [0, 0.05) is 23.8 Å². The molecule has 0 saturated carbocycles. The zero-order valence-electron chi connectivity index (χ0n) is 11.0. The third-order valence-corrected chi connectivity index (χ3v) is 3.45. The molecule has 4 N–H and O–H groups in total. The van der Waals surface area contributed by atoms with Crippen LogP contribution in [-0.4, -0.2) is 24.4 Å². The number of rotatable bonds is 3. The Morgan fingerprint density at radius 2 is 2.16 bits per heavy atom. The molecule has 1 fully saturated rings. The highest BCUT2D eigenvalue weighted by atomic mass is 16.2. The Morgan fingerprint density at radius 3 is 2.79 bits per heavy atom. The fraction of sp³-hybridized carbons (Fsp3) is 0.429. The molecule has 2 amide bonds. The normalized spacial score (nSPS) is 22.8. The number of amides is 2. The van der Waals surface area contributed by atoms with Crippen LogP contribution in [0.2, 0.25) is 0 Å². The molecule has 0 bridgehead atoms. The first-order valence-corrected chi connectivity index (χ1v) is 6.50. The van der Waals surface area contributed by atoms with Gasteiger partial charge in [0.15, 0.2) is 0 Å². The van der Waals surface area contributed by atoms with Gasteiger partial charge >= 0.3 is 0 Å². The molecule has 1 aromatic rings. The number of nitrogens with one attached hydrogen (secondary N) is 2. The van der Waals surface area contributed by atoms with Gasteiger partial charge in [-0.1, -0.05) is 6.07 Å². The Bertz CT molecular complexity index is 479. The van der Waals surface area contributed by atoms with Crippen molar-refractivity contribution in [3.8, 4) is 0 Å². The fourth-order valence-electron chi connectivity index (χ4n) is 2.22. The van der Waals surface area contributed by atoms with E-state index in [0.29, 0.717) is 23.8 Å². The van der Waals surface area contributed by atoms with Gasteiger partial charge in [0.05, 0.1) is 5.92 Å². The molecule has 1 heterocycles. The topological polar surface area (TPSA) is 84.2 Å². The van der Waals surface area contributed by atoms with Crippen LogP contribution in [0, 0.1) is 5.92 Å². The second kappa shape index (κ2) is 5.84. The molecule has 0 radical (unpaired) electrons. The Morgan fingerprint density at radius 1 is 1.37 bits per heavy atom. The summed E-state index contributed by atoms with van der Waals surface area (Å²) in [5.74, 6) is -0.529. The molecule has 0 aliphatic carbocycles. The fourth-order valence-corrected chi connectivity index (χ4v) is 2.22. The van der Waals surface area contributed by atoms with Gasteiger partial charge in [0.1, 0.15) is 0 Å². The molecule has 1 aromatic carbocycles. The highest BCUT2D eigenvalue weighted by molar-refractivity contribution is 5.97. The summed E-state index contributed by atoms with van der Waals surface area (Å²) in [6.45, 7) is 2.81. The van der Waals surface area contributed by atoms with Crippen molar-refractivity contribution in [3.05, 3.63) is 29.8 Å². The summed E-state index contributed by atoms with van der Waals surface area (Å²) in [5, 5.41) is 6.13. The molecule has 0 aromatic heterocycles. The third kappa shape index (κ3) is 3.54. The second-order valence-corrected chi connectivity index (χ2v) is 5.02. The van der Waals surface area contributed by atoms with Crippen LogP contribution in [0.1, 0.15) is 30.1 Å². The number of hydrogen-bond acceptors (Lipinski definition) is 3. The lowest BCUT2D eigenvalue weighted by Gasteiger charge is -2.26. The number of anilines is 1. The van der Waals surface area contributed by atoms with E-state index < -0.39 is 5.91 Å². The van der Waals surface area contributed by atoms with E-state index in [4.69, 9.17) is 5.73 Å². The van der Waals surface area contributed by atoms with Crippen LogP contribution in [0.4, 0.5) is 5.69 Å². The monoisotopic (exact) mass is 261 g/mol. The first-order chi connectivity index (χ1) is 9.06.